The van der Waals surface area contributed by atoms with E-state index < -0.39 is 22.0 Å². The smallest absolute Gasteiger partial charge is 0.247 e. The van der Waals surface area contributed by atoms with Gasteiger partial charge in [0.05, 0.1) is 11.9 Å². The summed E-state index contributed by atoms with van der Waals surface area (Å²) < 4.78 is 25.7. The number of hydrogen-bond acceptors (Lipinski definition) is 3. The summed E-state index contributed by atoms with van der Waals surface area (Å²) in [5.74, 6) is -0.492. The lowest BCUT2D eigenvalue weighted by molar-refractivity contribution is -0.116. The number of halogens is 2. The first-order chi connectivity index (χ1) is 12.1. The third-order valence-corrected chi connectivity index (χ3v) is 5.50. The summed E-state index contributed by atoms with van der Waals surface area (Å²) in [6.45, 7) is 3.53. The van der Waals surface area contributed by atoms with Crippen LogP contribution in [0.1, 0.15) is 19.4 Å². The van der Waals surface area contributed by atoms with E-state index >= 15 is 0 Å². The molecule has 1 atom stereocenters. The second-order valence-corrected chi connectivity index (χ2v) is 8.63. The van der Waals surface area contributed by atoms with Gasteiger partial charge >= 0.3 is 0 Å². The fourth-order valence-electron chi connectivity index (χ4n) is 2.56. The standard InChI is InChI=1S/C18H20Cl2N2O3S/c1-4-13-5-7-17(8-6-13)22(26(3,24)25)12(2)18(23)21-16-10-14(19)9-15(20)11-16/h5-12H,4H2,1-3H3,(H,21,23)/t12-/m0/s1. The summed E-state index contributed by atoms with van der Waals surface area (Å²) in [7, 11) is -3.67. The van der Waals surface area contributed by atoms with Gasteiger partial charge in [-0.15, -0.1) is 0 Å². The van der Waals surface area contributed by atoms with Crippen LogP contribution in [0.5, 0.6) is 0 Å². The van der Waals surface area contributed by atoms with Crippen LogP contribution in [0.25, 0.3) is 0 Å². The lowest BCUT2D eigenvalue weighted by atomic mass is 10.1. The summed E-state index contributed by atoms with van der Waals surface area (Å²) in [6.07, 6.45) is 1.91. The van der Waals surface area contributed by atoms with E-state index in [0.29, 0.717) is 21.4 Å². The third kappa shape index (κ3) is 5.13. The van der Waals surface area contributed by atoms with Crippen molar-refractivity contribution in [2.75, 3.05) is 15.9 Å². The molecule has 0 aliphatic heterocycles. The summed E-state index contributed by atoms with van der Waals surface area (Å²) in [6, 6.07) is 10.7. The SMILES string of the molecule is CCc1ccc(N([C@@H](C)C(=O)Nc2cc(Cl)cc(Cl)c2)S(C)(=O)=O)cc1. The van der Waals surface area contributed by atoms with Crippen LogP contribution in [0.3, 0.4) is 0 Å². The van der Waals surface area contributed by atoms with Crippen molar-refractivity contribution in [3.8, 4) is 0 Å². The Kier molecular flexibility index (Phi) is 6.55. The van der Waals surface area contributed by atoms with E-state index in [1.54, 1.807) is 30.3 Å². The average molecular weight is 415 g/mol. The van der Waals surface area contributed by atoms with Crippen molar-refractivity contribution in [1.29, 1.82) is 0 Å². The van der Waals surface area contributed by atoms with Gasteiger partial charge in [-0.3, -0.25) is 9.10 Å². The molecule has 140 valence electrons. The van der Waals surface area contributed by atoms with Crippen LogP contribution >= 0.6 is 23.2 Å². The lowest BCUT2D eigenvalue weighted by Crippen LogP contribution is -2.45. The molecule has 0 saturated carbocycles. The Morgan fingerprint density at radius 2 is 1.65 bits per heavy atom. The maximum atomic E-state index is 12.6. The quantitative estimate of drug-likeness (QED) is 0.763. The first kappa shape index (κ1) is 20.6. The molecule has 0 spiro atoms. The molecule has 1 amide bonds. The minimum absolute atomic E-state index is 0.371. The van der Waals surface area contributed by atoms with Gasteiger partial charge in [-0.1, -0.05) is 42.3 Å². The van der Waals surface area contributed by atoms with Gasteiger partial charge in [-0.25, -0.2) is 8.42 Å². The number of carbonyl (C=O) groups excluding carboxylic acids is 1. The van der Waals surface area contributed by atoms with Crippen LogP contribution < -0.4 is 9.62 Å². The molecular formula is C18H20Cl2N2O3S. The number of hydrogen-bond donors (Lipinski definition) is 1. The number of nitrogens with one attached hydrogen (secondary N) is 1. The Morgan fingerprint density at radius 3 is 2.12 bits per heavy atom. The van der Waals surface area contributed by atoms with E-state index in [9.17, 15) is 13.2 Å². The molecule has 26 heavy (non-hydrogen) atoms. The van der Waals surface area contributed by atoms with Gasteiger partial charge in [-0.2, -0.15) is 0 Å². The van der Waals surface area contributed by atoms with E-state index in [0.717, 1.165) is 22.5 Å². The normalized spacial score (nSPS) is 12.5. The molecule has 0 saturated heterocycles. The van der Waals surface area contributed by atoms with Gasteiger partial charge < -0.3 is 5.32 Å². The number of amides is 1. The van der Waals surface area contributed by atoms with Crippen molar-refractivity contribution >= 4 is 50.5 Å². The Balaban J connectivity index is 2.30. The highest BCUT2D eigenvalue weighted by atomic mass is 35.5. The summed E-state index contributed by atoms with van der Waals surface area (Å²) in [4.78, 5) is 12.6. The molecule has 2 aromatic rings. The highest BCUT2D eigenvalue weighted by Crippen LogP contribution is 2.25. The first-order valence-corrected chi connectivity index (χ1v) is 10.6. The second-order valence-electron chi connectivity index (χ2n) is 5.90. The van der Waals surface area contributed by atoms with Crippen molar-refractivity contribution in [3.63, 3.8) is 0 Å². The summed E-state index contributed by atoms with van der Waals surface area (Å²) in [5.41, 5.74) is 1.90. The molecule has 0 bridgehead atoms. The van der Waals surface area contributed by atoms with Crippen molar-refractivity contribution in [2.24, 2.45) is 0 Å². The number of rotatable bonds is 6. The minimum Gasteiger partial charge on any atom is -0.324 e. The molecule has 0 aliphatic rings. The third-order valence-electron chi connectivity index (χ3n) is 3.82. The average Bonchev–Trinajstić information content (AvgIpc) is 2.53. The topological polar surface area (TPSA) is 66.5 Å². The zero-order chi connectivity index (χ0) is 19.5. The molecule has 0 radical (unpaired) electrons. The molecule has 0 aliphatic carbocycles. The molecule has 0 aromatic heterocycles. The van der Waals surface area contributed by atoms with E-state index in [1.165, 1.54) is 6.92 Å². The molecule has 1 N–H and O–H groups in total. The first-order valence-electron chi connectivity index (χ1n) is 7.97. The van der Waals surface area contributed by atoms with Crippen LogP contribution in [-0.4, -0.2) is 26.6 Å². The predicted octanol–water partition coefficient (Wildman–Crippen LogP) is 4.35. The van der Waals surface area contributed by atoms with E-state index in [2.05, 4.69) is 5.32 Å². The van der Waals surface area contributed by atoms with Crippen molar-refractivity contribution in [3.05, 3.63) is 58.1 Å². The largest absolute Gasteiger partial charge is 0.324 e. The number of benzene rings is 2. The zero-order valence-corrected chi connectivity index (χ0v) is 17.0. The molecule has 0 unspecified atom stereocenters. The second kappa shape index (κ2) is 8.29. The highest BCUT2D eigenvalue weighted by molar-refractivity contribution is 7.92. The number of sulfonamides is 1. The summed E-state index contributed by atoms with van der Waals surface area (Å²) >= 11 is 11.9. The van der Waals surface area contributed by atoms with Crippen molar-refractivity contribution in [1.82, 2.24) is 0 Å². The van der Waals surface area contributed by atoms with Gasteiger partial charge in [0.1, 0.15) is 6.04 Å². The molecular weight excluding hydrogens is 395 g/mol. The Morgan fingerprint density at radius 1 is 1.12 bits per heavy atom. The monoisotopic (exact) mass is 414 g/mol. The van der Waals surface area contributed by atoms with Crippen LogP contribution in [-0.2, 0) is 21.2 Å². The van der Waals surface area contributed by atoms with Gasteiger partial charge in [-0.05, 0) is 49.2 Å². The Hall–Kier alpha value is -1.76. The van der Waals surface area contributed by atoms with Crippen LogP contribution in [0, 0.1) is 0 Å². The lowest BCUT2D eigenvalue weighted by Gasteiger charge is -2.28. The number of anilines is 2. The van der Waals surface area contributed by atoms with Crippen LogP contribution in [0.4, 0.5) is 11.4 Å². The van der Waals surface area contributed by atoms with Gasteiger partial charge in [0.15, 0.2) is 0 Å². The van der Waals surface area contributed by atoms with Crippen molar-refractivity contribution < 1.29 is 13.2 Å². The van der Waals surface area contributed by atoms with Gasteiger partial charge in [0.2, 0.25) is 15.9 Å². The molecule has 2 aromatic carbocycles. The fourth-order valence-corrected chi connectivity index (χ4v) is 4.26. The fraction of sp³-hybridized carbons (Fsp3) is 0.278. The Labute approximate surface area is 164 Å². The maximum absolute atomic E-state index is 12.6. The zero-order valence-electron chi connectivity index (χ0n) is 14.7. The number of carbonyl (C=O) groups is 1. The van der Waals surface area contributed by atoms with Crippen LogP contribution in [0.2, 0.25) is 10.0 Å². The number of nitrogens with zero attached hydrogens (tertiary/aromatic N) is 1. The Bertz CT molecular complexity index is 879. The molecule has 0 heterocycles. The highest BCUT2D eigenvalue weighted by Gasteiger charge is 2.29. The predicted molar refractivity (Wildman–Crippen MR) is 108 cm³/mol. The van der Waals surface area contributed by atoms with E-state index in [4.69, 9.17) is 23.2 Å². The molecule has 8 heteroatoms. The maximum Gasteiger partial charge on any atom is 0.247 e. The van der Waals surface area contributed by atoms with Crippen LogP contribution in [0.15, 0.2) is 42.5 Å². The van der Waals surface area contributed by atoms with Gasteiger partial charge in [0, 0.05) is 15.7 Å². The van der Waals surface area contributed by atoms with E-state index in [1.807, 2.05) is 19.1 Å². The molecule has 0 fully saturated rings. The van der Waals surface area contributed by atoms with Gasteiger partial charge in [0.25, 0.3) is 0 Å². The molecule has 5 nitrogen and oxygen atoms in total. The summed E-state index contributed by atoms with van der Waals surface area (Å²) in [5, 5.41) is 3.40. The van der Waals surface area contributed by atoms with Crippen molar-refractivity contribution in [2.45, 2.75) is 26.3 Å². The van der Waals surface area contributed by atoms with E-state index in [-0.39, 0.29) is 0 Å². The number of aryl methyl sites for hydroxylation is 1. The minimum atomic E-state index is -3.67. The molecule has 2 rings (SSSR count).